The van der Waals surface area contributed by atoms with Gasteiger partial charge in [-0.05, 0) is 49.6 Å². The molecule has 0 bridgehead atoms. The maximum absolute atomic E-state index is 5.59. The molecular formula is C23H33N3O3. The molecule has 0 radical (unpaired) electrons. The van der Waals surface area contributed by atoms with Crippen molar-refractivity contribution >= 4 is 5.96 Å². The highest BCUT2D eigenvalue weighted by Gasteiger charge is 2.04. The number of hydrogen-bond acceptors (Lipinski definition) is 4. The Morgan fingerprint density at radius 2 is 1.79 bits per heavy atom. The predicted octanol–water partition coefficient (Wildman–Crippen LogP) is 3.33. The van der Waals surface area contributed by atoms with Gasteiger partial charge in [0.2, 0.25) is 0 Å². The minimum absolute atomic E-state index is 0.550. The van der Waals surface area contributed by atoms with Crippen LogP contribution < -0.4 is 20.1 Å². The third-order valence-electron chi connectivity index (χ3n) is 4.37. The smallest absolute Gasteiger partial charge is 0.191 e. The summed E-state index contributed by atoms with van der Waals surface area (Å²) in [6.07, 6.45) is 0.864. The van der Waals surface area contributed by atoms with Crippen LogP contribution in [0.4, 0.5) is 0 Å². The molecule has 2 rings (SSSR count). The van der Waals surface area contributed by atoms with Gasteiger partial charge in [0.1, 0.15) is 18.1 Å². The average Bonchev–Trinajstić information content (AvgIpc) is 2.73. The van der Waals surface area contributed by atoms with Crippen LogP contribution in [0, 0.1) is 6.92 Å². The van der Waals surface area contributed by atoms with Gasteiger partial charge in [0.05, 0.1) is 20.3 Å². The molecule has 2 aromatic rings. The second kappa shape index (κ2) is 12.7. The van der Waals surface area contributed by atoms with E-state index < -0.39 is 0 Å². The van der Waals surface area contributed by atoms with Crippen LogP contribution in [0.1, 0.15) is 23.6 Å². The number of aryl methyl sites for hydroxylation is 1. The first-order chi connectivity index (χ1) is 14.2. The molecule has 29 heavy (non-hydrogen) atoms. The molecule has 0 aliphatic carbocycles. The van der Waals surface area contributed by atoms with Crippen LogP contribution >= 0.6 is 0 Å². The van der Waals surface area contributed by atoms with Crippen LogP contribution in [-0.2, 0) is 17.7 Å². The monoisotopic (exact) mass is 399 g/mol. The Morgan fingerprint density at radius 1 is 1.00 bits per heavy atom. The first-order valence-electron chi connectivity index (χ1n) is 10.0. The Labute approximate surface area is 174 Å². The van der Waals surface area contributed by atoms with Gasteiger partial charge in [-0.1, -0.05) is 29.8 Å². The number of methoxy groups -OCH3 is 2. The normalized spacial score (nSPS) is 11.2. The van der Waals surface area contributed by atoms with E-state index in [1.54, 1.807) is 14.2 Å². The number of rotatable bonds is 11. The summed E-state index contributed by atoms with van der Waals surface area (Å²) < 4.78 is 16.0. The molecule has 6 heteroatoms. The zero-order valence-electron chi connectivity index (χ0n) is 18.0. The molecule has 0 saturated carbocycles. The van der Waals surface area contributed by atoms with Gasteiger partial charge in [-0.3, -0.25) is 0 Å². The summed E-state index contributed by atoms with van der Waals surface area (Å²) in [4.78, 5) is 4.68. The predicted molar refractivity (Wildman–Crippen MR) is 118 cm³/mol. The highest BCUT2D eigenvalue weighted by Crippen LogP contribution is 2.19. The summed E-state index contributed by atoms with van der Waals surface area (Å²) in [5.41, 5.74) is 3.55. The Kier molecular flexibility index (Phi) is 9.86. The Bertz CT molecular complexity index is 760. The Balaban J connectivity index is 1.88. The standard InChI is InChI=1S/C23H33N3O3/c1-5-24-23(25-13-12-20-16-18(2)6-11-22(20)28-4)26-17-19-7-9-21(10-8-19)29-15-14-27-3/h6-11,16H,5,12-15,17H2,1-4H3,(H2,24,25,26). The zero-order chi connectivity index (χ0) is 20.9. The van der Waals surface area contributed by atoms with Crippen LogP contribution in [0.25, 0.3) is 0 Å². The fourth-order valence-electron chi connectivity index (χ4n) is 2.86. The van der Waals surface area contributed by atoms with E-state index in [1.165, 1.54) is 11.1 Å². The molecule has 0 saturated heterocycles. The van der Waals surface area contributed by atoms with Crippen molar-refractivity contribution in [2.24, 2.45) is 4.99 Å². The number of nitrogens with one attached hydrogen (secondary N) is 2. The summed E-state index contributed by atoms with van der Waals surface area (Å²) in [5, 5.41) is 6.69. The first-order valence-corrected chi connectivity index (χ1v) is 10.0. The van der Waals surface area contributed by atoms with Crippen molar-refractivity contribution in [2.45, 2.75) is 26.8 Å². The Hall–Kier alpha value is -2.73. The SMILES string of the molecule is CCNC(=NCc1ccc(OCCOC)cc1)NCCc1cc(C)ccc1OC. The quantitative estimate of drug-likeness (QED) is 0.345. The summed E-state index contributed by atoms with van der Waals surface area (Å²) in [7, 11) is 3.37. The average molecular weight is 400 g/mol. The molecule has 2 aromatic carbocycles. The molecule has 0 fully saturated rings. The topological polar surface area (TPSA) is 64.1 Å². The van der Waals surface area contributed by atoms with Gasteiger partial charge in [-0.15, -0.1) is 0 Å². The van der Waals surface area contributed by atoms with Gasteiger partial charge in [-0.25, -0.2) is 4.99 Å². The van der Waals surface area contributed by atoms with Crippen LogP contribution in [0.5, 0.6) is 11.5 Å². The van der Waals surface area contributed by atoms with E-state index in [-0.39, 0.29) is 0 Å². The zero-order valence-corrected chi connectivity index (χ0v) is 18.0. The van der Waals surface area contributed by atoms with E-state index in [2.05, 4.69) is 41.6 Å². The molecule has 0 aliphatic rings. The molecule has 0 spiro atoms. The van der Waals surface area contributed by atoms with Gasteiger partial charge in [-0.2, -0.15) is 0 Å². The number of ether oxygens (including phenoxy) is 3. The summed E-state index contributed by atoms with van der Waals surface area (Å²) in [6, 6.07) is 14.2. The summed E-state index contributed by atoms with van der Waals surface area (Å²) in [6.45, 7) is 7.47. The van der Waals surface area contributed by atoms with Crippen molar-refractivity contribution in [3.05, 3.63) is 59.2 Å². The van der Waals surface area contributed by atoms with Crippen molar-refractivity contribution in [3.8, 4) is 11.5 Å². The van der Waals surface area contributed by atoms with Gasteiger partial charge >= 0.3 is 0 Å². The lowest BCUT2D eigenvalue weighted by atomic mass is 10.1. The molecular weight excluding hydrogens is 366 g/mol. The van der Waals surface area contributed by atoms with Crippen molar-refractivity contribution in [2.75, 3.05) is 40.5 Å². The maximum Gasteiger partial charge on any atom is 0.191 e. The highest BCUT2D eigenvalue weighted by atomic mass is 16.5. The summed E-state index contributed by atoms with van der Waals surface area (Å²) >= 11 is 0. The third kappa shape index (κ3) is 8.03. The van der Waals surface area contributed by atoms with Crippen LogP contribution in [0.15, 0.2) is 47.5 Å². The molecule has 0 atom stereocenters. The second-order valence-corrected chi connectivity index (χ2v) is 6.67. The van der Waals surface area contributed by atoms with E-state index in [4.69, 9.17) is 14.2 Å². The van der Waals surface area contributed by atoms with Crippen molar-refractivity contribution < 1.29 is 14.2 Å². The van der Waals surface area contributed by atoms with Crippen LogP contribution in [0.3, 0.4) is 0 Å². The van der Waals surface area contributed by atoms with E-state index in [0.717, 1.165) is 42.5 Å². The first kappa shape index (κ1) is 22.6. The largest absolute Gasteiger partial charge is 0.496 e. The minimum atomic E-state index is 0.550. The number of nitrogens with zero attached hydrogens (tertiary/aromatic N) is 1. The second-order valence-electron chi connectivity index (χ2n) is 6.67. The maximum atomic E-state index is 5.59. The van der Waals surface area contributed by atoms with Gasteiger partial charge in [0.15, 0.2) is 5.96 Å². The third-order valence-corrected chi connectivity index (χ3v) is 4.37. The Morgan fingerprint density at radius 3 is 2.48 bits per heavy atom. The van der Waals surface area contributed by atoms with E-state index in [0.29, 0.717) is 19.8 Å². The van der Waals surface area contributed by atoms with Gasteiger partial charge in [0.25, 0.3) is 0 Å². The lowest BCUT2D eigenvalue weighted by Gasteiger charge is -2.13. The van der Waals surface area contributed by atoms with E-state index in [1.807, 2.05) is 30.3 Å². The van der Waals surface area contributed by atoms with E-state index in [9.17, 15) is 0 Å². The summed E-state index contributed by atoms with van der Waals surface area (Å²) in [5.74, 6) is 2.57. The highest BCUT2D eigenvalue weighted by molar-refractivity contribution is 5.79. The molecule has 2 N–H and O–H groups in total. The number of guanidine groups is 1. The van der Waals surface area contributed by atoms with Crippen LogP contribution in [-0.4, -0.2) is 46.5 Å². The molecule has 0 unspecified atom stereocenters. The van der Waals surface area contributed by atoms with Crippen molar-refractivity contribution in [1.29, 1.82) is 0 Å². The lowest BCUT2D eigenvalue weighted by Crippen LogP contribution is -2.38. The number of hydrogen-bond donors (Lipinski definition) is 2. The molecule has 158 valence electrons. The molecule has 0 heterocycles. The van der Waals surface area contributed by atoms with Gasteiger partial charge < -0.3 is 24.8 Å². The molecule has 0 aliphatic heterocycles. The molecule has 0 aromatic heterocycles. The fourth-order valence-corrected chi connectivity index (χ4v) is 2.86. The minimum Gasteiger partial charge on any atom is -0.496 e. The number of aliphatic imine (C=N–C) groups is 1. The molecule has 0 amide bonds. The molecule has 6 nitrogen and oxygen atoms in total. The van der Waals surface area contributed by atoms with E-state index >= 15 is 0 Å². The van der Waals surface area contributed by atoms with Crippen LogP contribution in [0.2, 0.25) is 0 Å². The van der Waals surface area contributed by atoms with Gasteiger partial charge in [0, 0.05) is 20.2 Å². The van der Waals surface area contributed by atoms with Crippen molar-refractivity contribution in [1.82, 2.24) is 10.6 Å². The number of benzene rings is 2. The van der Waals surface area contributed by atoms with Crippen molar-refractivity contribution in [3.63, 3.8) is 0 Å². The fraction of sp³-hybridized carbons (Fsp3) is 0.435. The lowest BCUT2D eigenvalue weighted by molar-refractivity contribution is 0.146.